The van der Waals surface area contributed by atoms with Gasteiger partial charge < -0.3 is 19.8 Å². The van der Waals surface area contributed by atoms with Crippen LogP contribution in [-0.2, 0) is 11.2 Å². The summed E-state index contributed by atoms with van der Waals surface area (Å²) >= 11 is 0. The highest BCUT2D eigenvalue weighted by atomic mass is 16.5. The van der Waals surface area contributed by atoms with Crippen molar-refractivity contribution in [3.63, 3.8) is 0 Å². The largest absolute Gasteiger partial charge is 0.469 e. The zero-order valence-corrected chi connectivity index (χ0v) is 11.7. The van der Waals surface area contributed by atoms with Crippen LogP contribution in [0.5, 0.6) is 0 Å². The summed E-state index contributed by atoms with van der Waals surface area (Å²) in [7, 11) is 0. The lowest BCUT2D eigenvalue weighted by molar-refractivity contribution is 0.0706. The molecule has 4 nitrogen and oxygen atoms in total. The van der Waals surface area contributed by atoms with E-state index in [9.17, 15) is 0 Å². The summed E-state index contributed by atoms with van der Waals surface area (Å²) in [4.78, 5) is 0. The van der Waals surface area contributed by atoms with E-state index in [0.717, 1.165) is 32.6 Å². The minimum atomic E-state index is 0.460. The molecule has 0 bridgehead atoms. The molecule has 3 unspecified atom stereocenters. The Hall–Kier alpha value is -0.840. The fourth-order valence-electron chi connectivity index (χ4n) is 3.27. The Balaban J connectivity index is 1.54. The van der Waals surface area contributed by atoms with Crippen LogP contribution in [0.2, 0.25) is 0 Å². The average Bonchev–Trinajstić information content (AvgIpc) is 2.89. The van der Waals surface area contributed by atoms with Gasteiger partial charge in [-0.3, -0.25) is 0 Å². The van der Waals surface area contributed by atoms with Crippen molar-refractivity contribution in [2.75, 3.05) is 19.8 Å². The van der Waals surface area contributed by atoms with Crippen LogP contribution < -0.4 is 10.6 Å². The SMILES string of the molecule is CC(CC1COCCN1)NC1CCCc2occc21. The van der Waals surface area contributed by atoms with Crippen molar-refractivity contribution in [2.45, 2.75) is 50.7 Å². The van der Waals surface area contributed by atoms with Crippen molar-refractivity contribution >= 4 is 0 Å². The van der Waals surface area contributed by atoms with E-state index < -0.39 is 0 Å². The van der Waals surface area contributed by atoms with Gasteiger partial charge in [0.25, 0.3) is 0 Å². The molecule has 0 radical (unpaired) electrons. The van der Waals surface area contributed by atoms with E-state index in [2.05, 4.69) is 23.6 Å². The molecular formula is C15H24N2O2. The van der Waals surface area contributed by atoms with Crippen LogP contribution >= 0.6 is 0 Å². The van der Waals surface area contributed by atoms with Crippen LogP contribution in [-0.4, -0.2) is 31.8 Å². The van der Waals surface area contributed by atoms with Gasteiger partial charge in [0.1, 0.15) is 5.76 Å². The Bertz CT molecular complexity index is 399. The zero-order valence-electron chi connectivity index (χ0n) is 11.7. The zero-order chi connectivity index (χ0) is 13.1. The molecule has 1 aromatic heterocycles. The third kappa shape index (κ3) is 3.19. The van der Waals surface area contributed by atoms with Gasteiger partial charge in [0.2, 0.25) is 0 Å². The molecule has 3 rings (SSSR count). The number of hydrogen-bond donors (Lipinski definition) is 2. The van der Waals surface area contributed by atoms with E-state index in [1.165, 1.54) is 24.2 Å². The standard InChI is InChI=1S/C15H24N2O2/c1-11(9-12-10-18-8-6-16-12)17-14-3-2-4-15-13(14)5-7-19-15/h5,7,11-12,14,16-17H,2-4,6,8-10H2,1H3. The molecule has 2 aliphatic rings. The molecule has 3 atom stereocenters. The highest BCUT2D eigenvalue weighted by Crippen LogP contribution is 2.30. The first kappa shape index (κ1) is 13.2. The molecule has 0 saturated carbocycles. The molecule has 1 aliphatic heterocycles. The number of furan rings is 1. The highest BCUT2D eigenvalue weighted by molar-refractivity contribution is 5.24. The molecule has 0 spiro atoms. The third-order valence-electron chi connectivity index (χ3n) is 4.17. The smallest absolute Gasteiger partial charge is 0.108 e. The molecule has 19 heavy (non-hydrogen) atoms. The summed E-state index contributed by atoms with van der Waals surface area (Å²) in [6.45, 7) is 4.93. The molecule has 2 heterocycles. The summed E-state index contributed by atoms with van der Waals surface area (Å²) in [5.74, 6) is 1.18. The molecule has 1 aromatic rings. The van der Waals surface area contributed by atoms with E-state index in [-0.39, 0.29) is 0 Å². The number of rotatable bonds is 4. The highest BCUT2D eigenvalue weighted by Gasteiger charge is 2.25. The van der Waals surface area contributed by atoms with E-state index in [1.807, 2.05) is 6.26 Å². The van der Waals surface area contributed by atoms with Gasteiger partial charge in [0.05, 0.1) is 19.5 Å². The molecule has 0 amide bonds. The summed E-state index contributed by atoms with van der Waals surface area (Å²) in [6, 6.07) is 3.57. The van der Waals surface area contributed by atoms with Crippen LogP contribution in [0, 0.1) is 0 Å². The lowest BCUT2D eigenvalue weighted by Gasteiger charge is -2.30. The summed E-state index contributed by atoms with van der Waals surface area (Å²) in [6.07, 6.45) is 6.46. The quantitative estimate of drug-likeness (QED) is 0.873. The first-order valence-electron chi connectivity index (χ1n) is 7.46. The molecule has 2 N–H and O–H groups in total. The van der Waals surface area contributed by atoms with E-state index in [4.69, 9.17) is 9.15 Å². The van der Waals surface area contributed by atoms with Crippen molar-refractivity contribution in [3.8, 4) is 0 Å². The Kier molecular flexibility index (Phi) is 4.21. The van der Waals surface area contributed by atoms with Crippen LogP contribution in [0.15, 0.2) is 16.7 Å². The van der Waals surface area contributed by atoms with Gasteiger partial charge in [-0.05, 0) is 32.3 Å². The van der Waals surface area contributed by atoms with E-state index in [0.29, 0.717) is 18.1 Å². The minimum absolute atomic E-state index is 0.460. The van der Waals surface area contributed by atoms with Gasteiger partial charge >= 0.3 is 0 Å². The Labute approximate surface area is 114 Å². The number of fused-ring (bicyclic) bond motifs is 1. The number of aryl methyl sites for hydroxylation is 1. The predicted molar refractivity (Wildman–Crippen MR) is 74.2 cm³/mol. The number of nitrogens with one attached hydrogen (secondary N) is 2. The molecule has 1 aliphatic carbocycles. The Morgan fingerprint density at radius 2 is 2.47 bits per heavy atom. The second-order valence-corrected chi connectivity index (χ2v) is 5.77. The fraction of sp³-hybridized carbons (Fsp3) is 0.733. The lowest BCUT2D eigenvalue weighted by Crippen LogP contribution is -2.45. The lowest BCUT2D eigenvalue weighted by atomic mass is 9.92. The van der Waals surface area contributed by atoms with Crippen molar-refractivity contribution < 1.29 is 9.15 Å². The van der Waals surface area contributed by atoms with Crippen LogP contribution in [0.25, 0.3) is 0 Å². The fourth-order valence-corrected chi connectivity index (χ4v) is 3.27. The topological polar surface area (TPSA) is 46.4 Å². The molecule has 1 saturated heterocycles. The molecule has 1 fully saturated rings. The maximum atomic E-state index is 5.55. The van der Waals surface area contributed by atoms with Gasteiger partial charge in [-0.1, -0.05) is 0 Å². The molecular weight excluding hydrogens is 240 g/mol. The van der Waals surface area contributed by atoms with Gasteiger partial charge in [0.15, 0.2) is 0 Å². The number of morpholine rings is 1. The number of hydrogen-bond acceptors (Lipinski definition) is 4. The summed E-state index contributed by atoms with van der Waals surface area (Å²) in [5.41, 5.74) is 1.37. The number of ether oxygens (including phenoxy) is 1. The molecule has 0 aromatic carbocycles. The van der Waals surface area contributed by atoms with Gasteiger partial charge in [0, 0.05) is 36.7 Å². The van der Waals surface area contributed by atoms with Crippen LogP contribution in [0.1, 0.15) is 43.6 Å². The second kappa shape index (κ2) is 6.07. The first-order chi connectivity index (χ1) is 9.33. The van der Waals surface area contributed by atoms with E-state index >= 15 is 0 Å². The van der Waals surface area contributed by atoms with Gasteiger partial charge in [-0.2, -0.15) is 0 Å². The molecule has 106 valence electrons. The van der Waals surface area contributed by atoms with Crippen LogP contribution in [0.4, 0.5) is 0 Å². The predicted octanol–water partition coefficient (Wildman–Crippen LogP) is 2.01. The summed E-state index contributed by atoms with van der Waals surface area (Å²) < 4.78 is 11.1. The van der Waals surface area contributed by atoms with Crippen molar-refractivity contribution in [1.82, 2.24) is 10.6 Å². The monoisotopic (exact) mass is 264 g/mol. The Morgan fingerprint density at radius 1 is 1.53 bits per heavy atom. The minimum Gasteiger partial charge on any atom is -0.469 e. The third-order valence-corrected chi connectivity index (χ3v) is 4.17. The van der Waals surface area contributed by atoms with Crippen molar-refractivity contribution in [2.24, 2.45) is 0 Å². The maximum absolute atomic E-state index is 5.55. The Morgan fingerprint density at radius 3 is 3.32 bits per heavy atom. The van der Waals surface area contributed by atoms with Crippen LogP contribution in [0.3, 0.4) is 0 Å². The normalized spacial score (nSPS) is 28.9. The average molecular weight is 264 g/mol. The molecule has 4 heteroatoms. The van der Waals surface area contributed by atoms with Crippen molar-refractivity contribution in [1.29, 1.82) is 0 Å². The second-order valence-electron chi connectivity index (χ2n) is 5.77. The summed E-state index contributed by atoms with van der Waals surface area (Å²) in [5, 5.41) is 7.27. The van der Waals surface area contributed by atoms with Crippen molar-refractivity contribution in [3.05, 3.63) is 23.7 Å². The van der Waals surface area contributed by atoms with Gasteiger partial charge in [-0.25, -0.2) is 0 Å². The maximum Gasteiger partial charge on any atom is 0.108 e. The first-order valence-corrected chi connectivity index (χ1v) is 7.46. The van der Waals surface area contributed by atoms with Gasteiger partial charge in [-0.15, -0.1) is 0 Å². The van der Waals surface area contributed by atoms with E-state index in [1.54, 1.807) is 0 Å².